The standard InChI is InChI=1S/C15H13F3O5S/c1-2-21-11-7-3-4-8-12(11)23-24(19,20)14-10-6-5-9-13(14)22-15(16,17)18/h3-10H,2H2,1H3. The third-order valence-corrected chi connectivity index (χ3v) is 3.97. The number of hydrogen-bond donors (Lipinski definition) is 0. The van der Waals surface area contributed by atoms with Gasteiger partial charge in [-0.1, -0.05) is 24.3 Å². The van der Waals surface area contributed by atoms with E-state index in [0.717, 1.165) is 12.1 Å². The summed E-state index contributed by atoms with van der Waals surface area (Å²) in [5.74, 6) is -0.863. The van der Waals surface area contributed by atoms with Crippen molar-refractivity contribution in [2.45, 2.75) is 18.2 Å². The molecular weight excluding hydrogens is 349 g/mol. The number of halogens is 3. The molecule has 0 N–H and O–H groups in total. The molecule has 0 heterocycles. The average molecular weight is 362 g/mol. The molecule has 0 spiro atoms. The Morgan fingerprint density at radius 2 is 1.46 bits per heavy atom. The molecule has 0 unspecified atom stereocenters. The molecule has 0 aliphatic carbocycles. The van der Waals surface area contributed by atoms with E-state index in [9.17, 15) is 21.6 Å². The van der Waals surface area contributed by atoms with Crippen molar-refractivity contribution in [3.05, 3.63) is 48.5 Å². The Labute approximate surface area is 136 Å². The lowest BCUT2D eigenvalue weighted by Gasteiger charge is -2.15. The van der Waals surface area contributed by atoms with Crippen LogP contribution >= 0.6 is 0 Å². The molecule has 24 heavy (non-hydrogen) atoms. The van der Waals surface area contributed by atoms with Crippen molar-refractivity contribution in [1.82, 2.24) is 0 Å². The van der Waals surface area contributed by atoms with Gasteiger partial charge in [0.2, 0.25) is 0 Å². The van der Waals surface area contributed by atoms with E-state index in [0.29, 0.717) is 0 Å². The topological polar surface area (TPSA) is 61.8 Å². The highest BCUT2D eigenvalue weighted by Gasteiger charge is 2.34. The summed E-state index contributed by atoms with van der Waals surface area (Å²) in [7, 11) is -4.56. The SMILES string of the molecule is CCOc1ccccc1OS(=O)(=O)c1ccccc1OC(F)(F)F. The predicted octanol–water partition coefficient (Wildman–Crippen LogP) is 3.75. The van der Waals surface area contributed by atoms with E-state index in [1.54, 1.807) is 13.0 Å². The summed E-state index contributed by atoms with van der Waals surface area (Å²) in [6.07, 6.45) is -5.03. The van der Waals surface area contributed by atoms with Gasteiger partial charge < -0.3 is 13.7 Å². The highest BCUT2D eigenvalue weighted by Crippen LogP contribution is 2.34. The van der Waals surface area contributed by atoms with Gasteiger partial charge in [0.25, 0.3) is 0 Å². The molecule has 0 atom stereocenters. The van der Waals surface area contributed by atoms with Gasteiger partial charge in [0.1, 0.15) is 4.90 Å². The van der Waals surface area contributed by atoms with Gasteiger partial charge in [-0.2, -0.15) is 8.42 Å². The van der Waals surface area contributed by atoms with Crippen LogP contribution in [0.25, 0.3) is 0 Å². The first-order valence-corrected chi connectivity index (χ1v) is 8.15. The van der Waals surface area contributed by atoms with Crippen molar-refractivity contribution < 1.29 is 35.2 Å². The van der Waals surface area contributed by atoms with E-state index in [-0.39, 0.29) is 18.1 Å². The van der Waals surface area contributed by atoms with Crippen molar-refractivity contribution in [3.8, 4) is 17.2 Å². The minimum atomic E-state index is -5.03. The minimum absolute atomic E-state index is 0.138. The zero-order valence-electron chi connectivity index (χ0n) is 12.4. The lowest BCUT2D eigenvalue weighted by atomic mass is 10.3. The Hall–Kier alpha value is -2.42. The van der Waals surface area contributed by atoms with Gasteiger partial charge in [0.15, 0.2) is 17.2 Å². The van der Waals surface area contributed by atoms with Crippen LogP contribution in [0, 0.1) is 0 Å². The lowest BCUT2D eigenvalue weighted by Crippen LogP contribution is -2.20. The Morgan fingerprint density at radius 3 is 2.04 bits per heavy atom. The van der Waals surface area contributed by atoms with Gasteiger partial charge in [-0.3, -0.25) is 0 Å². The third-order valence-electron chi connectivity index (χ3n) is 2.69. The van der Waals surface area contributed by atoms with E-state index in [1.807, 2.05) is 0 Å². The van der Waals surface area contributed by atoms with E-state index in [2.05, 4.69) is 4.74 Å². The van der Waals surface area contributed by atoms with E-state index >= 15 is 0 Å². The highest BCUT2D eigenvalue weighted by atomic mass is 32.2. The maximum atomic E-state index is 12.4. The highest BCUT2D eigenvalue weighted by molar-refractivity contribution is 7.87. The second kappa shape index (κ2) is 7.00. The molecule has 9 heteroatoms. The number of benzene rings is 2. The average Bonchev–Trinajstić information content (AvgIpc) is 2.48. The van der Waals surface area contributed by atoms with Gasteiger partial charge in [-0.05, 0) is 31.2 Å². The molecule has 5 nitrogen and oxygen atoms in total. The summed E-state index contributed by atoms with van der Waals surface area (Å²) in [6.45, 7) is 1.95. The first-order valence-electron chi connectivity index (χ1n) is 6.74. The molecule has 0 saturated carbocycles. The third kappa shape index (κ3) is 4.54. The van der Waals surface area contributed by atoms with Crippen molar-refractivity contribution in [2.75, 3.05) is 6.61 Å². The lowest BCUT2D eigenvalue weighted by molar-refractivity contribution is -0.275. The first-order chi connectivity index (χ1) is 11.2. The summed E-state index contributed by atoms with van der Waals surface area (Å²) in [5.41, 5.74) is 0. The molecule has 0 fully saturated rings. The molecule has 2 aromatic rings. The molecule has 0 aliphatic heterocycles. The van der Waals surface area contributed by atoms with Crippen LogP contribution in [0.3, 0.4) is 0 Å². The first kappa shape index (κ1) is 17.9. The Morgan fingerprint density at radius 1 is 0.917 bits per heavy atom. The molecule has 0 aliphatic rings. The van der Waals surface area contributed by atoms with Crippen LogP contribution in [-0.4, -0.2) is 21.4 Å². The van der Waals surface area contributed by atoms with Gasteiger partial charge in [0, 0.05) is 0 Å². The fraction of sp³-hybridized carbons (Fsp3) is 0.200. The summed E-state index contributed by atoms with van der Waals surface area (Å²) in [4.78, 5) is -0.742. The van der Waals surface area contributed by atoms with Gasteiger partial charge >= 0.3 is 16.5 Å². The Kier molecular flexibility index (Phi) is 5.23. The fourth-order valence-electron chi connectivity index (χ4n) is 1.82. The number of rotatable bonds is 6. The molecule has 0 radical (unpaired) electrons. The molecule has 0 aromatic heterocycles. The van der Waals surface area contributed by atoms with Crippen molar-refractivity contribution in [3.63, 3.8) is 0 Å². The van der Waals surface area contributed by atoms with Crippen LogP contribution in [0.5, 0.6) is 17.2 Å². The minimum Gasteiger partial charge on any atom is -0.490 e. The molecule has 130 valence electrons. The second-order valence-corrected chi connectivity index (χ2v) is 5.93. The van der Waals surface area contributed by atoms with E-state index < -0.39 is 27.1 Å². The monoisotopic (exact) mass is 362 g/mol. The van der Waals surface area contributed by atoms with Gasteiger partial charge in [-0.25, -0.2) is 0 Å². The fourth-order valence-corrected chi connectivity index (χ4v) is 2.89. The molecule has 0 saturated heterocycles. The number of hydrogen-bond acceptors (Lipinski definition) is 5. The van der Waals surface area contributed by atoms with Crippen LogP contribution in [0.4, 0.5) is 13.2 Å². The van der Waals surface area contributed by atoms with Crippen LogP contribution in [0.1, 0.15) is 6.92 Å². The quantitative estimate of drug-likeness (QED) is 0.733. The summed E-state index contributed by atoms with van der Waals surface area (Å²) >= 11 is 0. The largest absolute Gasteiger partial charge is 0.573 e. The molecule has 2 rings (SSSR count). The van der Waals surface area contributed by atoms with Gasteiger partial charge in [-0.15, -0.1) is 13.2 Å². The zero-order valence-corrected chi connectivity index (χ0v) is 13.2. The number of ether oxygens (including phenoxy) is 2. The predicted molar refractivity (Wildman–Crippen MR) is 78.5 cm³/mol. The number of alkyl halides is 3. The van der Waals surface area contributed by atoms with Crippen molar-refractivity contribution in [1.29, 1.82) is 0 Å². The number of para-hydroxylation sites is 3. The second-order valence-electron chi connectivity index (χ2n) is 4.41. The summed E-state index contributed by atoms with van der Waals surface area (Å²) in [5, 5.41) is 0. The van der Waals surface area contributed by atoms with Crippen molar-refractivity contribution in [2.24, 2.45) is 0 Å². The van der Waals surface area contributed by atoms with Crippen molar-refractivity contribution >= 4 is 10.1 Å². The van der Waals surface area contributed by atoms with Crippen LogP contribution in [-0.2, 0) is 10.1 Å². The zero-order chi connectivity index (χ0) is 17.8. The molecule has 0 bridgehead atoms. The van der Waals surface area contributed by atoms with Crippen LogP contribution < -0.4 is 13.7 Å². The molecule has 2 aromatic carbocycles. The summed E-state index contributed by atoms with van der Waals surface area (Å²) in [6, 6.07) is 10.2. The summed E-state index contributed by atoms with van der Waals surface area (Å²) < 4.78 is 75.8. The van der Waals surface area contributed by atoms with E-state index in [1.165, 1.54) is 30.3 Å². The Bertz CT molecular complexity index is 803. The maximum Gasteiger partial charge on any atom is 0.573 e. The van der Waals surface area contributed by atoms with Crippen LogP contribution in [0.2, 0.25) is 0 Å². The molecular formula is C15H13F3O5S. The smallest absolute Gasteiger partial charge is 0.490 e. The van der Waals surface area contributed by atoms with Crippen LogP contribution in [0.15, 0.2) is 53.4 Å². The normalized spacial score (nSPS) is 11.8. The maximum absolute atomic E-state index is 12.4. The van der Waals surface area contributed by atoms with E-state index in [4.69, 9.17) is 8.92 Å². The van der Waals surface area contributed by atoms with Gasteiger partial charge in [0.05, 0.1) is 6.61 Å². The molecule has 0 amide bonds. The Balaban J connectivity index is 2.39.